The standard InChI is InChI=1S/C27H23N5O3/c1-34-24-12-11-18(16-25(24)35-2)22-17-32(21-9-4-3-5-10-21)31-26(22)27(33)29-20-8-6-7-19(15-20)23-13-14-28-30-23/h3-17H,1-2H3,(H,28,30)(H,29,33). The Kier molecular flexibility index (Phi) is 6.00. The second-order valence-corrected chi connectivity index (χ2v) is 7.75. The van der Waals surface area contributed by atoms with Gasteiger partial charge in [0.05, 0.1) is 25.6 Å². The molecule has 5 aromatic rings. The van der Waals surface area contributed by atoms with Gasteiger partial charge in [0.25, 0.3) is 5.91 Å². The zero-order chi connectivity index (χ0) is 24.2. The van der Waals surface area contributed by atoms with Crippen LogP contribution < -0.4 is 14.8 Å². The van der Waals surface area contributed by atoms with Crippen LogP contribution in [0.5, 0.6) is 11.5 Å². The normalized spacial score (nSPS) is 10.7. The molecule has 8 nitrogen and oxygen atoms in total. The van der Waals surface area contributed by atoms with E-state index in [1.165, 1.54) is 0 Å². The Hall–Kier alpha value is -4.85. The fourth-order valence-corrected chi connectivity index (χ4v) is 3.84. The summed E-state index contributed by atoms with van der Waals surface area (Å²) in [4.78, 5) is 13.5. The lowest BCUT2D eigenvalue weighted by molar-refractivity contribution is 0.102. The molecule has 0 bridgehead atoms. The molecule has 0 aliphatic carbocycles. The van der Waals surface area contributed by atoms with Gasteiger partial charge >= 0.3 is 0 Å². The molecule has 0 atom stereocenters. The van der Waals surface area contributed by atoms with Gasteiger partial charge in [0.15, 0.2) is 17.2 Å². The van der Waals surface area contributed by atoms with Gasteiger partial charge in [0, 0.05) is 29.2 Å². The number of methoxy groups -OCH3 is 2. The molecule has 0 saturated carbocycles. The molecule has 0 fully saturated rings. The zero-order valence-corrected chi connectivity index (χ0v) is 19.2. The minimum absolute atomic E-state index is 0.285. The first kappa shape index (κ1) is 22.0. The molecule has 2 heterocycles. The van der Waals surface area contributed by atoms with Gasteiger partial charge in [-0.25, -0.2) is 4.68 Å². The highest BCUT2D eigenvalue weighted by molar-refractivity contribution is 6.07. The van der Waals surface area contributed by atoms with E-state index in [0.717, 1.165) is 22.5 Å². The maximum atomic E-state index is 13.5. The Morgan fingerprint density at radius 2 is 1.71 bits per heavy atom. The van der Waals surface area contributed by atoms with E-state index in [4.69, 9.17) is 9.47 Å². The van der Waals surface area contributed by atoms with Gasteiger partial charge in [-0.15, -0.1) is 0 Å². The molecule has 1 amide bonds. The molecule has 2 N–H and O–H groups in total. The first-order valence-corrected chi connectivity index (χ1v) is 10.9. The van der Waals surface area contributed by atoms with Gasteiger partial charge in [-0.1, -0.05) is 36.4 Å². The molecular weight excluding hydrogens is 442 g/mol. The van der Waals surface area contributed by atoms with Crippen LogP contribution in [0.4, 0.5) is 5.69 Å². The van der Waals surface area contributed by atoms with Crippen molar-refractivity contribution in [3.63, 3.8) is 0 Å². The average molecular weight is 466 g/mol. The summed E-state index contributed by atoms with van der Waals surface area (Å²) < 4.78 is 12.5. The largest absolute Gasteiger partial charge is 0.493 e. The number of benzene rings is 3. The molecular formula is C27H23N5O3. The first-order chi connectivity index (χ1) is 17.2. The molecule has 0 radical (unpaired) electrons. The van der Waals surface area contributed by atoms with E-state index in [0.29, 0.717) is 22.7 Å². The van der Waals surface area contributed by atoms with Gasteiger partial charge in [-0.05, 0) is 48.0 Å². The number of rotatable bonds is 7. The lowest BCUT2D eigenvalue weighted by Crippen LogP contribution is -2.14. The van der Waals surface area contributed by atoms with Gasteiger partial charge in [0.1, 0.15) is 0 Å². The van der Waals surface area contributed by atoms with Crippen molar-refractivity contribution < 1.29 is 14.3 Å². The van der Waals surface area contributed by atoms with Gasteiger partial charge in [-0.3, -0.25) is 9.89 Å². The fraction of sp³-hybridized carbons (Fsp3) is 0.0741. The lowest BCUT2D eigenvalue weighted by atomic mass is 10.0. The third-order valence-electron chi connectivity index (χ3n) is 5.58. The van der Waals surface area contributed by atoms with Crippen molar-refractivity contribution in [2.75, 3.05) is 19.5 Å². The third-order valence-corrected chi connectivity index (χ3v) is 5.58. The van der Waals surface area contributed by atoms with E-state index in [2.05, 4.69) is 20.6 Å². The van der Waals surface area contributed by atoms with E-state index < -0.39 is 0 Å². The van der Waals surface area contributed by atoms with Crippen LogP contribution in [0, 0.1) is 0 Å². The number of carbonyl (C=O) groups is 1. The van der Waals surface area contributed by atoms with Crippen molar-refractivity contribution in [3.05, 3.63) is 97.0 Å². The van der Waals surface area contributed by atoms with Crippen LogP contribution in [0.25, 0.3) is 28.1 Å². The van der Waals surface area contributed by atoms with E-state index in [1.54, 1.807) is 25.1 Å². The highest BCUT2D eigenvalue weighted by atomic mass is 16.5. The summed E-state index contributed by atoms with van der Waals surface area (Å²) in [5.74, 6) is 0.843. The summed E-state index contributed by atoms with van der Waals surface area (Å²) >= 11 is 0. The van der Waals surface area contributed by atoms with E-state index >= 15 is 0 Å². The van der Waals surface area contributed by atoms with E-state index in [9.17, 15) is 4.79 Å². The predicted octanol–water partition coefficient (Wildman–Crippen LogP) is 5.20. The fourth-order valence-electron chi connectivity index (χ4n) is 3.84. The van der Waals surface area contributed by atoms with Crippen LogP contribution >= 0.6 is 0 Å². The van der Waals surface area contributed by atoms with Crippen molar-refractivity contribution in [2.24, 2.45) is 0 Å². The molecule has 8 heteroatoms. The first-order valence-electron chi connectivity index (χ1n) is 10.9. The molecule has 174 valence electrons. The highest BCUT2D eigenvalue weighted by Crippen LogP contribution is 2.34. The topological polar surface area (TPSA) is 94.1 Å². The van der Waals surface area contributed by atoms with Crippen molar-refractivity contribution in [1.82, 2.24) is 20.0 Å². The zero-order valence-electron chi connectivity index (χ0n) is 19.2. The third kappa shape index (κ3) is 4.49. The Morgan fingerprint density at radius 3 is 2.46 bits per heavy atom. The number of nitrogens with zero attached hydrogens (tertiary/aromatic N) is 3. The number of nitrogens with one attached hydrogen (secondary N) is 2. The number of hydrogen-bond acceptors (Lipinski definition) is 5. The summed E-state index contributed by atoms with van der Waals surface area (Å²) in [5.41, 5.74) is 4.99. The molecule has 5 rings (SSSR count). The Bertz CT molecular complexity index is 1460. The second-order valence-electron chi connectivity index (χ2n) is 7.75. The minimum atomic E-state index is -0.328. The molecule has 0 spiro atoms. The monoisotopic (exact) mass is 465 g/mol. The van der Waals surface area contributed by atoms with E-state index in [1.807, 2.05) is 85.1 Å². The lowest BCUT2D eigenvalue weighted by Gasteiger charge is -2.10. The number of amides is 1. The molecule has 2 aromatic heterocycles. The smallest absolute Gasteiger partial charge is 0.276 e. The number of aromatic nitrogens is 4. The van der Waals surface area contributed by atoms with Crippen molar-refractivity contribution in [3.8, 4) is 39.6 Å². The molecule has 0 aliphatic heterocycles. The summed E-state index contributed by atoms with van der Waals surface area (Å²) in [5, 5.41) is 14.6. The number of hydrogen-bond donors (Lipinski definition) is 2. The van der Waals surface area contributed by atoms with Crippen LogP contribution in [0.15, 0.2) is 91.3 Å². The predicted molar refractivity (Wildman–Crippen MR) is 134 cm³/mol. The van der Waals surface area contributed by atoms with Crippen LogP contribution in [-0.2, 0) is 0 Å². The van der Waals surface area contributed by atoms with Crippen LogP contribution in [0.1, 0.15) is 10.5 Å². The number of para-hydroxylation sites is 1. The number of anilines is 1. The highest BCUT2D eigenvalue weighted by Gasteiger charge is 2.20. The van der Waals surface area contributed by atoms with Crippen LogP contribution in [0.3, 0.4) is 0 Å². The molecule has 0 saturated heterocycles. The number of aromatic amines is 1. The molecule has 0 aliphatic rings. The van der Waals surface area contributed by atoms with E-state index in [-0.39, 0.29) is 11.6 Å². The molecule has 35 heavy (non-hydrogen) atoms. The summed E-state index contributed by atoms with van der Waals surface area (Å²) in [7, 11) is 3.16. The van der Waals surface area contributed by atoms with Crippen LogP contribution in [-0.4, -0.2) is 40.1 Å². The quantitative estimate of drug-likeness (QED) is 0.345. The Labute approximate surface area is 202 Å². The Morgan fingerprint density at radius 1 is 0.886 bits per heavy atom. The summed E-state index contributed by atoms with van der Waals surface area (Å²) in [6, 6.07) is 24.6. The SMILES string of the molecule is COc1ccc(-c2cn(-c3ccccc3)nc2C(=O)Nc2cccc(-c3ccn[nH]3)c2)cc1OC. The van der Waals surface area contributed by atoms with Crippen molar-refractivity contribution in [1.29, 1.82) is 0 Å². The van der Waals surface area contributed by atoms with Crippen molar-refractivity contribution in [2.45, 2.75) is 0 Å². The minimum Gasteiger partial charge on any atom is -0.493 e. The maximum absolute atomic E-state index is 13.5. The molecule has 0 unspecified atom stereocenters. The number of H-pyrrole nitrogens is 1. The number of carbonyl (C=O) groups excluding carboxylic acids is 1. The second kappa shape index (κ2) is 9.56. The molecule has 3 aromatic carbocycles. The van der Waals surface area contributed by atoms with Crippen molar-refractivity contribution >= 4 is 11.6 Å². The summed E-state index contributed by atoms with van der Waals surface area (Å²) in [6.07, 6.45) is 3.53. The van der Waals surface area contributed by atoms with Gasteiger partial charge < -0.3 is 14.8 Å². The van der Waals surface area contributed by atoms with Gasteiger partial charge in [0.2, 0.25) is 0 Å². The van der Waals surface area contributed by atoms with Gasteiger partial charge in [-0.2, -0.15) is 10.2 Å². The Balaban J connectivity index is 1.54. The average Bonchev–Trinajstić information content (AvgIpc) is 3.60. The van der Waals surface area contributed by atoms with Crippen LogP contribution in [0.2, 0.25) is 0 Å². The number of ether oxygens (including phenoxy) is 2. The maximum Gasteiger partial charge on any atom is 0.276 e. The summed E-state index contributed by atoms with van der Waals surface area (Å²) in [6.45, 7) is 0.